The van der Waals surface area contributed by atoms with E-state index >= 15 is 0 Å². The molecule has 3 aliphatic rings. The zero-order chi connectivity index (χ0) is 13.8. The van der Waals surface area contributed by atoms with Gasteiger partial charge in [-0.15, -0.1) is 0 Å². The molecule has 1 aliphatic heterocycles. The molecular weight excluding hydrogens is 244 g/mol. The molecule has 3 rings (SSSR count). The van der Waals surface area contributed by atoms with E-state index in [9.17, 15) is 0 Å². The molecular formula is C18H34N2. The summed E-state index contributed by atoms with van der Waals surface area (Å²) in [6.07, 6.45) is 15.8. The molecule has 0 spiro atoms. The second-order valence-electron chi connectivity index (χ2n) is 7.74. The van der Waals surface area contributed by atoms with Crippen molar-refractivity contribution in [1.82, 2.24) is 10.6 Å². The summed E-state index contributed by atoms with van der Waals surface area (Å²) in [6, 6.07) is 1.61. The molecule has 3 fully saturated rings. The zero-order valence-electron chi connectivity index (χ0n) is 13.4. The van der Waals surface area contributed by atoms with Crippen LogP contribution in [0.15, 0.2) is 0 Å². The van der Waals surface area contributed by atoms with Gasteiger partial charge in [-0.2, -0.15) is 0 Å². The summed E-state index contributed by atoms with van der Waals surface area (Å²) in [4.78, 5) is 0. The zero-order valence-corrected chi connectivity index (χ0v) is 13.4. The minimum Gasteiger partial charge on any atom is -0.314 e. The van der Waals surface area contributed by atoms with E-state index in [0.717, 1.165) is 18.0 Å². The third kappa shape index (κ3) is 3.57. The lowest BCUT2D eigenvalue weighted by molar-refractivity contribution is 0.175. The third-order valence-corrected chi connectivity index (χ3v) is 6.16. The molecule has 0 aromatic heterocycles. The highest BCUT2D eigenvalue weighted by Gasteiger charge is 2.42. The Balaban J connectivity index is 1.52. The van der Waals surface area contributed by atoms with Crippen LogP contribution >= 0.6 is 0 Å². The van der Waals surface area contributed by atoms with E-state index in [2.05, 4.69) is 17.6 Å². The molecule has 2 nitrogen and oxygen atoms in total. The van der Waals surface area contributed by atoms with Crippen LogP contribution < -0.4 is 10.6 Å². The molecule has 2 saturated carbocycles. The van der Waals surface area contributed by atoms with Crippen molar-refractivity contribution < 1.29 is 0 Å². The van der Waals surface area contributed by atoms with Gasteiger partial charge >= 0.3 is 0 Å². The van der Waals surface area contributed by atoms with Crippen molar-refractivity contribution in [3.63, 3.8) is 0 Å². The van der Waals surface area contributed by atoms with Gasteiger partial charge < -0.3 is 10.6 Å². The summed E-state index contributed by atoms with van der Waals surface area (Å²) in [5, 5.41) is 7.83. The number of piperidine rings is 1. The summed E-state index contributed by atoms with van der Waals surface area (Å²) in [7, 11) is 0. The number of rotatable bonds is 6. The van der Waals surface area contributed by atoms with Crippen LogP contribution in [-0.4, -0.2) is 25.2 Å². The topological polar surface area (TPSA) is 24.1 Å². The standard InChI is InChI=1S/C18H34N2/c1-2-10-18(11-12-18)14-20-17-8-4-3-7-15(17)16-9-5-6-13-19-16/h15-17,19-20H,2-14H2,1H3. The average molecular weight is 278 g/mol. The molecule has 0 bridgehead atoms. The van der Waals surface area contributed by atoms with Crippen molar-refractivity contribution in [3.05, 3.63) is 0 Å². The molecule has 0 aromatic carbocycles. The molecule has 1 heterocycles. The van der Waals surface area contributed by atoms with E-state index in [4.69, 9.17) is 0 Å². The van der Waals surface area contributed by atoms with E-state index in [1.54, 1.807) is 0 Å². The highest BCUT2D eigenvalue weighted by atomic mass is 15.0. The van der Waals surface area contributed by atoms with Crippen molar-refractivity contribution in [2.45, 2.75) is 89.6 Å². The first-order valence-electron chi connectivity index (χ1n) is 9.30. The Labute approximate surface area is 125 Å². The molecule has 2 N–H and O–H groups in total. The lowest BCUT2D eigenvalue weighted by Crippen LogP contribution is -2.51. The van der Waals surface area contributed by atoms with Crippen LogP contribution in [0, 0.1) is 11.3 Å². The number of hydrogen-bond acceptors (Lipinski definition) is 2. The highest BCUT2D eigenvalue weighted by Crippen LogP contribution is 2.49. The van der Waals surface area contributed by atoms with Crippen LogP contribution in [0.25, 0.3) is 0 Å². The maximum atomic E-state index is 4.02. The normalized spacial score (nSPS) is 36.8. The number of nitrogens with one attached hydrogen (secondary N) is 2. The minimum atomic E-state index is 0.705. The van der Waals surface area contributed by atoms with E-state index in [1.165, 1.54) is 83.7 Å². The number of hydrogen-bond donors (Lipinski definition) is 2. The third-order valence-electron chi connectivity index (χ3n) is 6.16. The van der Waals surface area contributed by atoms with Gasteiger partial charge in [0.25, 0.3) is 0 Å². The highest BCUT2D eigenvalue weighted by molar-refractivity contribution is 4.97. The summed E-state index contributed by atoms with van der Waals surface area (Å²) in [6.45, 7) is 4.90. The Kier molecular flexibility index (Phi) is 5.04. The molecule has 116 valence electrons. The molecule has 0 amide bonds. The van der Waals surface area contributed by atoms with Gasteiger partial charge in [0.1, 0.15) is 0 Å². The van der Waals surface area contributed by atoms with Crippen LogP contribution in [0.1, 0.15) is 77.6 Å². The van der Waals surface area contributed by atoms with Crippen LogP contribution in [0.5, 0.6) is 0 Å². The SMILES string of the molecule is CCCC1(CNC2CCCCC2C2CCCCN2)CC1. The second kappa shape index (κ2) is 6.79. The molecule has 1 saturated heterocycles. The van der Waals surface area contributed by atoms with Gasteiger partial charge in [-0.3, -0.25) is 0 Å². The predicted octanol–water partition coefficient (Wildman–Crippen LogP) is 3.86. The molecule has 20 heavy (non-hydrogen) atoms. The predicted molar refractivity (Wildman–Crippen MR) is 86.0 cm³/mol. The monoisotopic (exact) mass is 278 g/mol. The quantitative estimate of drug-likeness (QED) is 0.771. The van der Waals surface area contributed by atoms with Gasteiger partial charge in [-0.1, -0.05) is 32.6 Å². The molecule has 2 aliphatic carbocycles. The van der Waals surface area contributed by atoms with E-state index < -0.39 is 0 Å². The van der Waals surface area contributed by atoms with E-state index in [-0.39, 0.29) is 0 Å². The molecule has 0 radical (unpaired) electrons. The van der Waals surface area contributed by atoms with Gasteiger partial charge in [-0.25, -0.2) is 0 Å². The molecule has 3 atom stereocenters. The van der Waals surface area contributed by atoms with Crippen molar-refractivity contribution in [3.8, 4) is 0 Å². The second-order valence-corrected chi connectivity index (χ2v) is 7.74. The Morgan fingerprint density at radius 1 is 1.05 bits per heavy atom. The van der Waals surface area contributed by atoms with Gasteiger partial charge in [0.2, 0.25) is 0 Å². The average Bonchev–Trinajstić information content (AvgIpc) is 3.27. The van der Waals surface area contributed by atoms with Crippen molar-refractivity contribution in [1.29, 1.82) is 0 Å². The Bertz CT molecular complexity index is 292. The molecule has 2 heteroatoms. The van der Waals surface area contributed by atoms with E-state index in [1.807, 2.05) is 0 Å². The van der Waals surface area contributed by atoms with Gasteiger partial charge in [0, 0.05) is 18.6 Å². The Hall–Kier alpha value is -0.0800. The summed E-state index contributed by atoms with van der Waals surface area (Å²) < 4.78 is 0. The van der Waals surface area contributed by atoms with Crippen LogP contribution in [0.3, 0.4) is 0 Å². The van der Waals surface area contributed by atoms with Crippen molar-refractivity contribution in [2.24, 2.45) is 11.3 Å². The van der Waals surface area contributed by atoms with Crippen molar-refractivity contribution in [2.75, 3.05) is 13.1 Å². The summed E-state index contributed by atoms with van der Waals surface area (Å²) in [5.74, 6) is 0.904. The van der Waals surface area contributed by atoms with Crippen molar-refractivity contribution >= 4 is 0 Å². The Morgan fingerprint density at radius 3 is 2.55 bits per heavy atom. The lowest BCUT2D eigenvalue weighted by Gasteiger charge is -2.40. The fourth-order valence-corrected chi connectivity index (χ4v) is 4.71. The first-order valence-corrected chi connectivity index (χ1v) is 9.30. The summed E-state index contributed by atoms with van der Waals surface area (Å²) >= 11 is 0. The lowest BCUT2D eigenvalue weighted by atomic mass is 9.77. The molecule has 3 unspecified atom stereocenters. The fraction of sp³-hybridized carbons (Fsp3) is 1.00. The van der Waals surface area contributed by atoms with Crippen LogP contribution in [-0.2, 0) is 0 Å². The fourth-order valence-electron chi connectivity index (χ4n) is 4.71. The maximum Gasteiger partial charge on any atom is 0.0110 e. The van der Waals surface area contributed by atoms with E-state index in [0.29, 0.717) is 5.41 Å². The molecule has 0 aromatic rings. The van der Waals surface area contributed by atoms with Gasteiger partial charge in [0.05, 0.1) is 0 Å². The first kappa shape index (κ1) is 14.8. The van der Waals surface area contributed by atoms with Gasteiger partial charge in [0.15, 0.2) is 0 Å². The smallest absolute Gasteiger partial charge is 0.0110 e. The first-order chi connectivity index (χ1) is 9.83. The maximum absolute atomic E-state index is 4.02. The largest absolute Gasteiger partial charge is 0.314 e. The van der Waals surface area contributed by atoms with Gasteiger partial charge in [-0.05, 0) is 62.8 Å². The summed E-state index contributed by atoms with van der Waals surface area (Å²) in [5.41, 5.74) is 0.705. The minimum absolute atomic E-state index is 0.705. The Morgan fingerprint density at radius 2 is 1.85 bits per heavy atom. The van der Waals surface area contributed by atoms with Crippen LogP contribution in [0.2, 0.25) is 0 Å². The van der Waals surface area contributed by atoms with Crippen LogP contribution in [0.4, 0.5) is 0 Å².